The van der Waals surface area contributed by atoms with E-state index in [1.54, 1.807) is 10.9 Å². The van der Waals surface area contributed by atoms with Gasteiger partial charge in [0, 0.05) is 11.8 Å². The van der Waals surface area contributed by atoms with Gasteiger partial charge in [0.2, 0.25) is 0 Å². The zero-order valence-electron chi connectivity index (χ0n) is 14.0. The highest BCUT2D eigenvalue weighted by Gasteiger charge is 2.17. The van der Waals surface area contributed by atoms with Crippen LogP contribution < -0.4 is 0 Å². The smallest absolute Gasteiger partial charge is 0.190 e. The fourth-order valence-electron chi connectivity index (χ4n) is 2.66. The van der Waals surface area contributed by atoms with E-state index in [9.17, 15) is 0 Å². The lowest BCUT2D eigenvalue weighted by Gasteiger charge is -2.10. The van der Waals surface area contributed by atoms with Crippen LogP contribution in [0.1, 0.15) is 11.4 Å². The van der Waals surface area contributed by atoms with Crippen molar-refractivity contribution in [2.24, 2.45) is 0 Å². The molecule has 0 saturated heterocycles. The second kappa shape index (κ2) is 6.24. The summed E-state index contributed by atoms with van der Waals surface area (Å²) in [6.07, 6.45) is 1.78. The van der Waals surface area contributed by atoms with E-state index in [0.717, 1.165) is 22.5 Å². The van der Waals surface area contributed by atoms with Crippen molar-refractivity contribution in [3.63, 3.8) is 0 Å². The zero-order valence-corrected chi connectivity index (χ0v) is 14.0. The van der Waals surface area contributed by atoms with E-state index in [2.05, 4.69) is 25.5 Å². The summed E-state index contributed by atoms with van der Waals surface area (Å²) in [5.41, 5.74) is 4.69. The first-order chi connectivity index (χ1) is 12.2. The Morgan fingerprint density at radius 1 is 0.880 bits per heavy atom. The number of aryl methyl sites for hydroxylation is 2. The van der Waals surface area contributed by atoms with Gasteiger partial charge in [0.1, 0.15) is 5.82 Å². The van der Waals surface area contributed by atoms with Crippen LogP contribution in [0.15, 0.2) is 60.8 Å². The average Bonchev–Trinajstić information content (AvgIpc) is 3.12. The molecule has 0 atom stereocenters. The molecule has 25 heavy (non-hydrogen) atoms. The van der Waals surface area contributed by atoms with Gasteiger partial charge >= 0.3 is 0 Å². The van der Waals surface area contributed by atoms with E-state index >= 15 is 0 Å². The normalized spacial score (nSPS) is 10.8. The Bertz CT molecular complexity index is 1010. The molecular formula is C19H16N6. The number of aromatic nitrogens is 6. The molecule has 0 aliphatic carbocycles. The van der Waals surface area contributed by atoms with Crippen molar-refractivity contribution in [1.29, 1.82) is 0 Å². The molecule has 0 saturated carbocycles. The molecule has 0 radical (unpaired) electrons. The van der Waals surface area contributed by atoms with Crippen molar-refractivity contribution >= 4 is 0 Å². The Hall–Kier alpha value is -3.41. The molecule has 122 valence electrons. The maximum absolute atomic E-state index is 4.63. The van der Waals surface area contributed by atoms with Crippen LogP contribution in [0, 0.1) is 13.8 Å². The van der Waals surface area contributed by atoms with E-state index in [1.165, 1.54) is 5.56 Å². The first-order valence-electron chi connectivity index (χ1n) is 7.97. The predicted molar refractivity (Wildman–Crippen MR) is 95.1 cm³/mol. The van der Waals surface area contributed by atoms with Crippen LogP contribution in [0.2, 0.25) is 0 Å². The summed E-state index contributed by atoms with van der Waals surface area (Å²) in [7, 11) is 0. The summed E-state index contributed by atoms with van der Waals surface area (Å²) < 4.78 is 1.71. The molecule has 4 rings (SSSR count). The standard InChI is InChI=1S/C19H16N6/c1-13-8-10-16(11-9-13)25-19(22-23-24-25)17-12-20-14(2)21-18(17)15-6-4-3-5-7-15/h3-12H,1-2H3. The molecule has 6 nitrogen and oxygen atoms in total. The van der Waals surface area contributed by atoms with Crippen LogP contribution in [-0.4, -0.2) is 30.2 Å². The second-order valence-corrected chi connectivity index (χ2v) is 5.80. The maximum atomic E-state index is 4.63. The topological polar surface area (TPSA) is 69.4 Å². The number of rotatable bonds is 3. The number of hydrogen-bond acceptors (Lipinski definition) is 5. The summed E-state index contributed by atoms with van der Waals surface area (Å²) in [6.45, 7) is 3.92. The fourth-order valence-corrected chi connectivity index (χ4v) is 2.66. The zero-order chi connectivity index (χ0) is 17.2. The molecular weight excluding hydrogens is 312 g/mol. The van der Waals surface area contributed by atoms with Crippen LogP contribution in [0.5, 0.6) is 0 Å². The van der Waals surface area contributed by atoms with Gasteiger partial charge in [0.25, 0.3) is 0 Å². The molecule has 2 aromatic heterocycles. The van der Waals surface area contributed by atoms with Crippen LogP contribution in [0.25, 0.3) is 28.3 Å². The highest BCUT2D eigenvalue weighted by Crippen LogP contribution is 2.29. The molecule has 0 bridgehead atoms. The van der Waals surface area contributed by atoms with Crippen molar-refractivity contribution in [1.82, 2.24) is 30.2 Å². The number of benzene rings is 2. The van der Waals surface area contributed by atoms with E-state index in [0.29, 0.717) is 11.6 Å². The monoisotopic (exact) mass is 328 g/mol. The van der Waals surface area contributed by atoms with Gasteiger partial charge in [0.15, 0.2) is 5.82 Å². The maximum Gasteiger partial charge on any atom is 0.190 e. The first kappa shape index (κ1) is 15.1. The van der Waals surface area contributed by atoms with Crippen LogP contribution in [0.4, 0.5) is 0 Å². The van der Waals surface area contributed by atoms with Gasteiger partial charge in [-0.3, -0.25) is 0 Å². The van der Waals surface area contributed by atoms with Gasteiger partial charge in [-0.15, -0.1) is 5.10 Å². The van der Waals surface area contributed by atoms with E-state index in [-0.39, 0.29) is 0 Å². The molecule has 0 spiro atoms. The number of nitrogens with zero attached hydrogens (tertiary/aromatic N) is 6. The van der Waals surface area contributed by atoms with Crippen LogP contribution >= 0.6 is 0 Å². The highest BCUT2D eigenvalue weighted by molar-refractivity contribution is 5.77. The quantitative estimate of drug-likeness (QED) is 0.576. The number of hydrogen-bond donors (Lipinski definition) is 0. The van der Waals surface area contributed by atoms with Crippen molar-refractivity contribution < 1.29 is 0 Å². The molecule has 2 aromatic carbocycles. The van der Waals surface area contributed by atoms with Gasteiger partial charge in [-0.05, 0) is 36.4 Å². The fraction of sp³-hybridized carbons (Fsp3) is 0.105. The minimum Gasteiger partial charge on any atom is -0.241 e. The van der Waals surface area contributed by atoms with Crippen molar-refractivity contribution in [3.8, 4) is 28.3 Å². The molecule has 6 heteroatoms. The van der Waals surface area contributed by atoms with Gasteiger partial charge in [-0.1, -0.05) is 48.0 Å². The summed E-state index contributed by atoms with van der Waals surface area (Å²) in [5.74, 6) is 1.32. The third kappa shape index (κ3) is 2.89. The molecule has 0 unspecified atom stereocenters. The Morgan fingerprint density at radius 3 is 2.40 bits per heavy atom. The van der Waals surface area contributed by atoms with Gasteiger partial charge < -0.3 is 0 Å². The van der Waals surface area contributed by atoms with Gasteiger partial charge in [0.05, 0.1) is 16.9 Å². The molecule has 0 aliphatic heterocycles. The Morgan fingerprint density at radius 2 is 1.64 bits per heavy atom. The lowest BCUT2D eigenvalue weighted by atomic mass is 10.1. The Kier molecular flexibility index (Phi) is 3.78. The predicted octanol–water partition coefficient (Wildman–Crippen LogP) is 3.40. The molecule has 0 fully saturated rings. The SMILES string of the molecule is Cc1ccc(-n2nnnc2-c2cnc(C)nc2-c2ccccc2)cc1. The Balaban J connectivity index is 1.90. The second-order valence-electron chi connectivity index (χ2n) is 5.80. The van der Waals surface area contributed by atoms with E-state index in [4.69, 9.17) is 0 Å². The average molecular weight is 328 g/mol. The summed E-state index contributed by atoms with van der Waals surface area (Å²) in [5, 5.41) is 12.2. The third-order valence-corrected chi connectivity index (χ3v) is 3.95. The van der Waals surface area contributed by atoms with E-state index in [1.807, 2.05) is 68.4 Å². The van der Waals surface area contributed by atoms with Gasteiger partial charge in [-0.2, -0.15) is 4.68 Å². The van der Waals surface area contributed by atoms with Crippen molar-refractivity contribution in [2.75, 3.05) is 0 Å². The first-order valence-corrected chi connectivity index (χ1v) is 7.97. The molecule has 0 aliphatic rings. The third-order valence-electron chi connectivity index (χ3n) is 3.95. The summed E-state index contributed by atoms with van der Waals surface area (Å²) in [4.78, 5) is 8.98. The van der Waals surface area contributed by atoms with Crippen molar-refractivity contribution in [2.45, 2.75) is 13.8 Å². The minimum atomic E-state index is 0.614. The number of tetrazole rings is 1. The summed E-state index contributed by atoms with van der Waals surface area (Å²) >= 11 is 0. The molecule has 0 N–H and O–H groups in total. The van der Waals surface area contributed by atoms with Gasteiger partial charge in [-0.25, -0.2) is 9.97 Å². The molecule has 4 aromatic rings. The lowest BCUT2D eigenvalue weighted by molar-refractivity contribution is 0.790. The minimum absolute atomic E-state index is 0.614. The highest BCUT2D eigenvalue weighted by atomic mass is 15.5. The largest absolute Gasteiger partial charge is 0.241 e. The Labute approximate surface area is 145 Å². The summed E-state index contributed by atoms with van der Waals surface area (Å²) in [6, 6.07) is 18.0. The van der Waals surface area contributed by atoms with E-state index < -0.39 is 0 Å². The molecule has 0 amide bonds. The lowest BCUT2D eigenvalue weighted by Crippen LogP contribution is -2.03. The van der Waals surface area contributed by atoms with Crippen LogP contribution in [-0.2, 0) is 0 Å². The van der Waals surface area contributed by atoms with Crippen molar-refractivity contribution in [3.05, 3.63) is 72.2 Å². The van der Waals surface area contributed by atoms with Crippen LogP contribution in [0.3, 0.4) is 0 Å². The molecule has 2 heterocycles.